The number of anilines is 2. The standard InChI is InChI=1S/C26H28F3N5O2/c1-14-9-23-22(13-21(14)17-5-7-34(8-6-17)16(3)35)24(32-33(4)25(23)36)31-15(2)18-10-19(26(27,28)29)12-20(30)11-18/h5,9-13,15H,6-8,30H2,1-4H3,(H,31,32)/t15-/m1/s1. The van der Waals surface area contributed by atoms with E-state index >= 15 is 0 Å². The first-order valence-corrected chi connectivity index (χ1v) is 11.6. The van der Waals surface area contributed by atoms with Crippen LogP contribution in [-0.2, 0) is 18.0 Å². The maximum Gasteiger partial charge on any atom is 0.416 e. The topological polar surface area (TPSA) is 93.2 Å². The molecule has 1 aliphatic rings. The van der Waals surface area contributed by atoms with Crippen LogP contribution in [0.2, 0.25) is 0 Å². The number of nitrogens with two attached hydrogens (primary N) is 1. The molecular weight excluding hydrogens is 471 g/mol. The van der Waals surface area contributed by atoms with Crippen LogP contribution in [0.1, 0.15) is 48.6 Å². The van der Waals surface area contributed by atoms with E-state index in [1.54, 1.807) is 18.7 Å². The summed E-state index contributed by atoms with van der Waals surface area (Å²) < 4.78 is 41.2. The van der Waals surface area contributed by atoms with Crippen molar-refractivity contribution in [3.05, 3.63) is 69.0 Å². The molecule has 0 unspecified atom stereocenters. The monoisotopic (exact) mass is 499 g/mol. The van der Waals surface area contributed by atoms with Crippen molar-refractivity contribution in [2.75, 3.05) is 24.1 Å². The largest absolute Gasteiger partial charge is 0.416 e. The summed E-state index contributed by atoms with van der Waals surface area (Å²) in [5, 5.41) is 8.58. The molecule has 3 N–H and O–H groups in total. The number of halogens is 3. The van der Waals surface area contributed by atoms with E-state index in [4.69, 9.17) is 5.73 Å². The molecule has 1 amide bonds. The van der Waals surface area contributed by atoms with Gasteiger partial charge in [0.25, 0.3) is 5.56 Å². The quantitative estimate of drug-likeness (QED) is 0.510. The van der Waals surface area contributed by atoms with Crippen molar-refractivity contribution in [2.24, 2.45) is 7.05 Å². The number of hydrogen-bond donors (Lipinski definition) is 2. The molecule has 1 aromatic heterocycles. The molecule has 3 aromatic rings. The lowest BCUT2D eigenvalue weighted by Gasteiger charge is -2.26. The Kier molecular flexibility index (Phi) is 6.55. The van der Waals surface area contributed by atoms with Crippen LogP contribution >= 0.6 is 0 Å². The first kappa shape index (κ1) is 25.3. The molecule has 7 nitrogen and oxygen atoms in total. The Hall–Kier alpha value is -3.82. The van der Waals surface area contributed by atoms with Gasteiger partial charge < -0.3 is 16.0 Å². The Labute approximate surface area is 206 Å². The SMILES string of the molecule is CC(=O)N1CC=C(c2cc3c(N[C@H](C)c4cc(N)cc(C(F)(F)F)c4)nn(C)c(=O)c3cc2C)CC1. The molecule has 0 fully saturated rings. The molecule has 0 radical (unpaired) electrons. The second kappa shape index (κ2) is 9.33. The second-order valence-electron chi connectivity index (χ2n) is 9.19. The maximum absolute atomic E-state index is 13.3. The van der Waals surface area contributed by atoms with Gasteiger partial charge in [-0.25, -0.2) is 4.68 Å². The van der Waals surface area contributed by atoms with Crippen molar-refractivity contribution in [1.82, 2.24) is 14.7 Å². The van der Waals surface area contributed by atoms with Gasteiger partial charge in [-0.2, -0.15) is 18.3 Å². The third-order valence-electron chi connectivity index (χ3n) is 6.55. The maximum atomic E-state index is 13.3. The molecule has 36 heavy (non-hydrogen) atoms. The zero-order chi connectivity index (χ0) is 26.4. The highest BCUT2D eigenvalue weighted by Crippen LogP contribution is 2.35. The minimum Gasteiger partial charge on any atom is -0.399 e. The van der Waals surface area contributed by atoms with Crippen LogP contribution in [0.15, 0.2) is 41.2 Å². The Morgan fingerprint density at radius 3 is 2.50 bits per heavy atom. The zero-order valence-corrected chi connectivity index (χ0v) is 20.5. The Bertz CT molecular complexity index is 1440. The summed E-state index contributed by atoms with van der Waals surface area (Å²) in [6.07, 6.45) is -1.84. The van der Waals surface area contributed by atoms with Crippen molar-refractivity contribution < 1.29 is 18.0 Å². The lowest BCUT2D eigenvalue weighted by atomic mass is 9.93. The molecule has 0 aliphatic carbocycles. The molecule has 1 aliphatic heterocycles. The predicted octanol–water partition coefficient (Wildman–Crippen LogP) is 4.65. The van der Waals surface area contributed by atoms with Crippen LogP contribution in [0.5, 0.6) is 0 Å². The van der Waals surface area contributed by atoms with Crippen LogP contribution in [0.3, 0.4) is 0 Å². The smallest absolute Gasteiger partial charge is 0.399 e. The minimum absolute atomic E-state index is 0.00788. The van der Waals surface area contributed by atoms with Gasteiger partial charge in [-0.15, -0.1) is 0 Å². The van der Waals surface area contributed by atoms with E-state index in [-0.39, 0.29) is 17.2 Å². The number of alkyl halides is 3. The number of aryl methyl sites for hydroxylation is 2. The highest BCUT2D eigenvalue weighted by Gasteiger charge is 2.31. The number of nitrogens with one attached hydrogen (secondary N) is 1. The molecule has 0 saturated carbocycles. The van der Waals surface area contributed by atoms with Crippen LogP contribution in [0, 0.1) is 6.92 Å². The van der Waals surface area contributed by atoms with Gasteiger partial charge in [0.1, 0.15) is 0 Å². The molecule has 190 valence electrons. The average Bonchev–Trinajstić information content (AvgIpc) is 2.81. The van der Waals surface area contributed by atoms with E-state index in [1.807, 2.05) is 25.1 Å². The van der Waals surface area contributed by atoms with E-state index in [9.17, 15) is 22.8 Å². The van der Waals surface area contributed by atoms with Crippen LogP contribution < -0.4 is 16.6 Å². The summed E-state index contributed by atoms with van der Waals surface area (Å²) in [4.78, 5) is 26.3. The number of carbonyl (C=O) groups excluding carboxylic acids is 1. The molecule has 4 rings (SSSR count). The fourth-order valence-electron chi connectivity index (χ4n) is 4.54. The summed E-state index contributed by atoms with van der Waals surface area (Å²) in [5.74, 6) is 0.391. The second-order valence-corrected chi connectivity index (χ2v) is 9.19. The molecular formula is C26H28F3N5O2. The number of amides is 1. The highest BCUT2D eigenvalue weighted by atomic mass is 19.4. The molecule has 0 saturated heterocycles. The first-order valence-electron chi connectivity index (χ1n) is 11.6. The predicted molar refractivity (Wildman–Crippen MR) is 134 cm³/mol. The van der Waals surface area contributed by atoms with Gasteiger partial charge in [0.15, 0.2) is 5.82 Å². The summed E-state index contributed by atoms with van der Waals surface area (Å²) in [7, 11) is 1.53. The summed E-state index contributed by atoms with van der Waals surface area (Å²) in [5.41, 5.74) is 7.92. The summed E-state index contributed by atoms with van der Waals surface area (Å²) >= 11 is 0. The number of fused-ring (bicyclic) bond motifs is 1. The number of nitrogens with zero attached hydrogens (tertiary/aromatic N) is 3. The average molecular weight is 500 g/mol. The van der Waals surface area contributed by atoms with Crippen molar-refractivity contribution in [3.8, 4) is 0 Å². The van der Waals surface area contributed by atoms with Gasteiger partial charge in [-0.3, -0.25) is 9.59 Å². The number of carbonyl (C=O) groups is 1. The van der Waals surface area contributed by atoms with Gasteiger partial charge in [0, 0.05) is 38.1 Å². The molecule has 2 heterocycles. The molecule has 0 spiro atoms. The fourth-order valence-corrected chi connectivity index (χ4v) is 4.54. The van der Waals surface area contributed by atoms with Crippen LogP contribution in [0.4, 0.5) is 24.7 Å². The number of aromatic nitrogens is 2. The summed E-state index contributed by atoms with van der Waals surface area (Å²) in [6.45, 7) is 6.29. The van der Waals surface area contributed by atoms with E-state index in [0.29, 0.717) is 41.7 Å². The Balaban J connectivity index is 1.77. The van der Waals surface area contributed by atoms with Crippen LogP contribution in [0.25, 0.3) is 16.3 Å². The molecule has 1 atom stereocenters. The van der Waals surface area contributed by atoms with Crippen molar-refractivity contribution in [2.45, 2.75) is 39.4 Å². The van der Waals surface area contributed by atoms with E-state index in [2.05, 4.69) is 10.4 Å². The Morgan fingerprint density at radius 1 is 1.17 bits per heavy atom. The van der Waals surface area contributed by atoms with E-state index < -0.39 is 17.8 Å². The van der Waals surface area contributed by atoms with Crippen molar-refractivity contribution in [3.63, 3.8) is 0 Å². The lowest BCUT2D eigenvalue weighted by Crippen LogP contribution is -2.32. The van der Waals surface area contributed by atoms with Gasteiger partial charge >= 0.3 is 6.18 Å². The zero-order valence-electron chi connectivity index (χ0n) is 20.5. The molecule has 2 aromatic carbocycles. The first-order chi connectivity index (χ1) is 16.8. The van der Waals surface area contributed by atoms with Gasteiger partial charge in [0.05, 0.1) is 17.0 Å². The highest BCUT2D eigenvalue weighted by molar-refractivity contribution is 5.95. The summed E-state index contributed by atoms with van der Waals surface area (Å²) in [6, 6.07) is 6.57. The number of rotatable bonds is 4. The Morgan fingerprint density at radius 2 is 1.89 bits per heavy atom. The molecule has 0 bridgehead atoms. The fraction of sp³-hybridized carbons (Fsp3) is 0.346. The van der Waals surface area contributed by atoms with E-state index in [1.165, 1.54) is 17.8 Å². The normalized spacial score (nSPS) is 15.1. The van der Waals surface area contributed by atoms with Crippen LogP contribution in [-0.4, -0.2) is 33.7 Å². The number of hydrogen-bond acceptors (Lipinski definition) is 5. The number of nitrogen functional groups attached to an aromatic ring is 1. The third kappa shape index (κ3) is 4.93. The number of benzene rings is 2. The minimum atomic E-state index is -4.52. The third-order valence-corrected chi connectivity index (χ3v) is 6.55. The van der Waals surface area contributed by atoms with Gasteiger partial charge in [-0.1, -0.05) is 6.08 Å². The van der Waals surface area contributed by atoms with Gasteiger partial charge in [0.2, 0.25) is 5.91 Å². The van der Waals surface area contributed by atoms with Gasteiger partial charge in [-0.05, 0) is 72.9 Å². The van der Waals surface area contributed by atoms with Crippen molar-refractivity contribution >= 4 is 33.8 Å². The molecule has 10 heteroatoms. The van der Waals surface area contributed by atoms with Crippen molar-refractivity contribution in [1.29, 1.82) is 0 Å². The van der Waals surface area contributed by atoms with E-state index in [0.717, 1.165) is 28.8 Å². The lowest BCUT2D eigenvalue weighted by molar-refractivity contribution is -0.137.